The molecular formula is C26H34N4O3S. The van der Waals surface area contributed by atoms with Gasteiger partial charge in [0.25, 0.3) is 0 Å². The maximum Gasteiger partial charge on any atom is 0.318 e. The lowest BCUT2D eigenvalue weighted by molar-refractivity contribution is -0.134. The lowest BCUT2D eigenvalue weighted by atomic mass is 10.1. The molecule has 182 valence electrons. The first-order valence-corrected chi connectivity index (χ1v) is 12.7. The third-order valence-corrected chi connectivity index (χ3v) is 6.81. The maximum absolute atomic E-state index is 13.1. The van der Waals surface area contributed by atoms with Crippen LogP contribution < -0.4 is 5.32 Å². The number of carbonyl (C=O) groups is 3. The first-order chi connectivity index (χ1) is 16.4. The van der Waals surface area contributed by atoms with Gasteiger partial charge >= 0.3 is 6.03 Å². The van der Waals surface area contributed by atoms with Gasteiger partial charge in [0.15, 0.2) is 0 Å². The van der Waals surface area contributed by atoms with Crippen LogP contribution in [0.2, 0.25) is 0 Å². The molecule has 1 N–H and O–H groups in total. The van der Waals surface area contributed by atoms with Gasteiger partial charge in [-0.3, -0.25) is 9.59 Å². The predicted molar refractivity (Wildman–Crippen MR) is 137 cm³/mol. The van der Waals surface area contributed by atoms with Gasteiger partial charge in [0, 0.05) is 50.6 Å². The van der Waals surface area contributed by atoms with Crippen LogP contribution in [0.5, 0.6) is 0 Å². The highest BCUT2D eigenvalue weighted by molar-refractivity contribution is 8.14. The molecule has 1 aliphatic heterocycles. The standard InChI is InChI=1S/C26H34N4O3S/c1-21(24(31)29-17-15-28(2)16-18-29)27-26(33)30(14-13-22-9-5-3-6-10-22)19-20-34-25(32)23-11-7-4-8-12-23/h3-12,21H,13-20H2,1-2H3,(H,27,33)/t21-/m0/s1. The Morgan fingerprint density at radius 1 is 0.941 bits per heavy atom. The summed E-state index contributed by atoms with van der Waals surface area (Å²) in [6, 6.07) is 18.2. The molecule has 1 fully saturated rings. The van der Waals surface area contributed by atoms with Crippen LogP contribution in [0.15, 0.2) is 60.7 Å². The zero-order chi connectivity index (χ0) is 24.3. The average Bonchev–Trinajstić information content (AvgIpc) is 2.87. The van der Waals surface area contributed by atoms with Gasteiger partial charge in [0.05, 0.1) is 0 Å². The summed E-state index contributed by atoms with van der Waals surface area (Å²) in [4.78, 5) is 44.1. The Bertz CT molecular complexity index is 934. The van der Waals surface area contributed by atoms with Crippen molar-refractivity contribution in [2.45, 2.75) is 19.4 Å². The lowest BCUT2D eigenvalue weighted by Gasteiger charge is -2.34. The molecule has 1 aliphatic rings. The van der Waals surface area contributed by atoms with Gasteiger partial charge in [-0.15, -0.1) is 0 Å². The molecule has 34 heavy (non-hydrogen) atoms. The van der Waals surface area contributed by atoms with Gasteiger partial charge in [0.1, 0.15) is 6.04 Å². The van der Waals surface area contributed by atoms with E-state index in [1.165, 1.54) is 11.8 Å². The summed E-state index contributed by atoms with van der Waals surface area (Å²) in [7, 11) is 2.04. The third-order valence-electron chi connectivity index (χ3n) is 5.93. The van der Waals surface area contributed by atoms with Crippen LogP contribution in [0.1, 0.15) is 22.8 Å². The number of piperazine rings is 1. The second kappa shape index (κ2) is 13.2. The highest BCUT2D eigenvalue weighted by Gasteiger charge is 2.26. The lowest BCUT2D eigenvalue weighted by Crippen LogP contribution is -2.55. The molecule has 0 aliphatic carbocycles. The van der Waals surface area contributed by atoms with Crippen LogP contribution in [0, 0.1) is 0 Å². The molecule has 1 saturated heterocycles. The summed E-state index contributed by atoms with van der Waals surface area (Å²) in [6.07, 6.45) is 0.701. The van der Waals surface area contributed by atoms with Crippen LogP contribution in [0.25, 0.3) is 0 Å². The summed E-state index contributed by atoms with van der Waals surface area (Å²) in [5.74, 6) is 0.426. The summed E-state index contributed by atoms with van der Waals surface area (Å²) in [6.45, 7) is 5.67. The smallest absolute Gasteiger partial charge is 0.318 e. The summed E-state index contributed by atoms with van der Waals surface area (Å²) in [5.41, 5.74) is 1.79. The molecule has 3 amide bonds. The molecule has 0 saturated carbocycles. The second-order valence-electron chi connectivity index (χ2n) is 8.52. The van der Waals surface area contributed by atoms with E-state index in [0.717, 1.165) is 18.7 Å². The Kier molecular flexibility index (Phi) is 9.97. The molecule has 0 radical (unpaired) electrons. The number of hydrogen-bond donors (Lipinski definition) is 1. The van der Waals surface area contributed by atoms with Crippen molar-refractivity contribution in [3.8, 4) is 0 Å². The fourth-order valence-corrected chi connectivity index (χ4v) is 4.57. The van der Waals surface area contributed by atoms with E-state index in [1.54, 1.807) is 24.0 Å². The number of urea groups is 1. The summed E-state index contributed by atoms with van der Waals surface area (Å²) >= 11 is 1.20. The van der Waals surface area contributed by atoms with E-state index >= 15 is 0 Å². The van der Waals surface area contributed by atoms with Crippen LogP contribution in [-0.4, -0.2) is 89.9 Å². The summed E-state index contributed by atoms with van der Waals surface area (Å²) < 4.78 is 0. The number of amides is 3. The van der Waals surface area contributed by atoms with Crippen molar-refractivity contribution >= 4 is 28.8 Å². The normalized spacial score (nSPS) is 14.9. The first-order valence-electron chi connectivity index (χ1n) is 11.7. The molecule has 2 aromatic carbocycles. The average molecular weight is 483 g/mol. The molecule has 0 unspecified atom stereocenters. The molecule has 8 heteroatoms. The maximum atomic E-state index is 13.1. The van der Waals surface area contributed by atoms with E-state index in [-0.39, 0.29) is 17.1 Å². The Balaban J connectivity index is 1.56. The van der Waals surface area contributed by atoms with E-state index in [4.69, 9.17) is 0 Å². The number of benzene rings is 2. The number of hydrogen-bond acceptors (Lipinski definition) is 5. The monoisotopic (exact) mass is 482 g/mol. The van der Waals surface area contributed by atoms with Gasteiger partial charge in [-0.2, -0.15) is 0 Å². The minimum Gasteiger partial charge on any atom is -0.338 e. The Labute approximate surface area is 206 Å². The quantitative estimate of drug-likeness (QED) is 0.595. The van der Waals surface area contributed by atoms with E-state index in [0.29, 0.717) is 43.9 Å². The van der Waals surface area contributed by atoms with E-state index < -0.39 is 6.04 Å². The third kappa shape index (κ3) is 7.88. The van der Waals surface area contributed by atoms with Crippen molar-refractivity contribution < 1.29 is 14.4 Å². The van der Waals surface area contributed by atoms with Gasteiger partial charge < -0.3 is 20.0 Å². The van der Waals surface area contributed by atoms with E-state index in [2.05, 4.69) is 10.2 Å². The van der Waals surface area contributed by atoms with Gasteiger partial charge in [-0.05, 0) is 26.0 Å². The van der Waals surface area contributed by atoms with Crippen molar-refractivity contribution in [1.82, 2.24) is 20.0 Å². The van der Waals surface area contributed by atoms with Crippen LogP contribution in [-0.2, 0) is 11.2 Å². The molecule has 2 aromatic rings. The van der Waals surface area contributed by atoms with Crippen LogP contribution >= 0.6 is 11.8 Å². The largest absolute Gasteiger partial charge is 0.338 e. The molecule has 0 bridgehead atoms. The molecular weight excluding hydrogens is 448 g/mol. The molecule has 3 rings (SSSR count). The molecule has 1 heterocycles. The summed E-state index contributed by atoms with van der Waals surface area (Å²) in [5, 5.41) is 2.87. The van der Waals surface area contributed by atoms with Crippen molar-refractivity contribution in [3.05, 3.63) is 71.8 Å². The number of carbonyl (C=O) groups excluding carboxylic acids is 3. The molecule has 0 aromatic heterocycles. The van der Waals surface area contributed by atoms with E-state index in [9.17, 15) is 14.4 Å². The molecule has 1 atom stereocenters. The molecule has 0 spiro atoms. The fourth-order valence-electron chi connectivity index (χ4n) is 3.77. The van der Waals surface area contributed by atoms with Gasteiger partial charge in [0.2, 0.25) is 11.0 Å². The van der Waals surface area contributed by atoms with Crippen molar-refractivity contribution in [3.63, 3.8) is 0 Å². The van der Waals surface area contributed by atoms with Crippen LogP contribution in [0.4, 0.5) is 4.79 Å². The Morgan fingerprint density at radius 3 is 2.21 bits per heavy atom. The van der Waals surface area contributed by atoms with Crippen molar-refractivity contribution in [1.29, 1.82) is 0 Å². The first kappa shape index (κ1) is 25.8. The van der Waals surface area contributed by atoms with Gasteiger partial charge in [-0.1, -0.05) is 72.4 Å². The zero-order valence-corrected chi connectivity index (χ0v) is 20.8. The minimum atomic E-state index is -0.603. The highest BCUT2D eigenvalue weighted by Crippen LogP contribution is 2.13. The predicted octanol–water partition coefficient (Wildman–Crippen LogP) is 2.98. The van der Waals surface area contributed by atoms with Crippen LogP contribution in [0.3, 0.4) is 0 Å². The number of nitrogens with zero attached hydrogens (tertiary/aromatic N) is 3. The van der Waals surface area contributed by atoms with Gasteiger partial charge in [-0.25, -0.2) is 4.79 Å². The van der Waals surface area contributed by atoms with Crippen molar-refractivity contribution in [2.24, 2.45) is 0 Å². The Hall–Kier alpha value is -2.84. The fraction of sp³-hybridized carbons (Fsp3) is 0.423. The SMILES string of the molecule is C[C@H](NC(=O)N(CCSC(=O)c1ccccc1)CCc1ccccc1)C(=O)N1CCN(C)CC1. The second-order valence-corrected chi connectivity index (χ2v) is 9.59. The zero-order valence-electron chi connectivity index (χ0n) is 20.0. The highest BCUT2D eigenvalue weighted by atomic mass is 32.2. The Morgan fingerprint density at radius 2 is 1.56 bits per heavy atom. The number of likely N-dealkylation sites (N-methyl/N-ethyl adjacent to an activating group) is 1. The molecule has 7 nitrogen and oxygen atoms in total. The number of rotatable bonds is 9. The topological polar surface area (TPSA) is 73.0 Å². The number of nitrogens with one attached hydrogen (secondary N) is 1. The number of thioether (sulfide) groups is 1. The van der Waals surface area contributed by atoms with E-state index in [1.807, 2.05) is 60.5 Å². The van der Waals surface area contributed by atoms with Crippen molar-refractivity contribution in [2.75, 3.05) is 52.1 Å². The minimum absolute atomic E-state index is 0.0115.